The molecule has 1 saturated carbocycles. The van der Waals surface area contributed by atoms with Crippen LogP contribution in [0.5, 0.6) is 5.75 Å². The largest absolute Gasteiger partial charge is 0.488 e. The second-order valence-electron chi connectivity index (χ2n) is 7.01. The number of halogens is 1. The van der Waals surface area contributed by atoms with Crippen molar-refractivity contribution in [2.45, 2.75) is 32.8 Å². The third kappa shape index (κ3) is 4.75. The zero-order valence-electron chi connectivity index (χ0n) is 16.2. The molecule has 2 aromatic carbocycles. The second kappa shape index (κ2) is 8.63. The first-order valence-corrected chi connectivity index (χ1v) is 10.1. The Bertz CT molecular complexity index is 1100. The van der Waals surface area contributed by atoms with Gasteiger partial charge in [0, 0.05) is 27.5 Å². The number of hydrogen-bond acceptors (Lipinski definition) is 4. The molecule has 1 heterocycles. The van der Waals surface area contributed by atoms with E-state index < -0.39 is 0 Å². The normalized spacial score (nSPS) is 13.0. The third-order valence-electron chi connectivity index (χ3n) is 4.70. The predicted octanol–water partition coefficient (Wildman–Crippen LogP) is 5.53. The van der Waals surface area contributed by atoms with Gasteiger partial charge in [0.15, 0.2) is 0 Å². The van der Waals surface area contributed by atoms with Crippen LogP contribution in [0.4, 0.5) is 0 Å². The van der Waals surface area contributed by atoms with E-state index in [9.17, 15) is 4.79 Å². The molecular weight excluding hydrogens is 388 g/mol. The molecule has 148 valence electrons. The van der Waals surface area contributed by atoms with Crippen LogP contribution in [-0.2, 0) is 22.6 Å². The van der Waals surface area contributed by atoms with Gasteiger partial charge in [-0.15, -0.1) is 0 Å². The number of fused-ring (bicyclic) bond motifs is 1. The number of rotatable bonds is 6. The maximum atomic E-state index is 11.8. The Hall–Kier alpha value is -2.90. The van der Waals surface area contributed by atoms with E-state index in [-0.39, 0.29) is 12.4 Å². The fourth-order valence-electron chi connectivity index (χ4n) is 3.08. The Morgan fingerprint density at radius 2 is 2.07 bits per heavy atom. The van der Waals surface area contributed by atoms with Crippen molar-refractivity contribution in [1.82, 2.24) is 0 Å². The molecular formula is C24H21ClO4. The first kappa shape index (κ1) is 19.4. The highest BCUT2D eigenvalue weighted by Crippen LogP contribution is 2.31. The summed E-state index contributed by atoms with van der Waals surface area (Å²) in [5, 5.41) is 1.50. The molecule has 0 aliphatic heterocycles. The summed E-state index contributed by atoms with van der Waals surface area (Å²) in [6, 6.07) is 11.2. The topological polar surface area (TPSA) is 48.7 Å². The molecule has 1 aliphatic carbocycles. The highest BCUT2D eigenvalue weighted by molar-refractivity contribution is 6.31. The Kier molecular flexibility index (Phi) is 5.78. The van der Waals surface area contributed by atoms with Crippen LogP contribution < -0.4 is 4.74 Å². The average molecular weight is 409 g/mol. The van der Waals surface area contributed by atoms with Crippen molar-refractivity contribution in [3.05, 3.63) is 64.4 Å². The fourth-order valence-corrected chi connectivity index (χ4v) is 3.30. The summed E-state index contributed by atoms with van der Waals surface area (Å²) in [6.45, 7) is 2.44. The lowest BCUT2D eigenvalue weighted by Crippen LogP contribution is -2.09. The van der Waals surface area contributed by atoms with Crippen LogP contribution >= 0.6 is 11.6 Å². The van der Waals surface area contributed by atoms with Crippen LogP contribution in [0.1, 0.15) is 36.5 Å². The van der Waals surface area contributed by atoms with Crippen LogP contribution in [-0.4, -0.2) is 12.6 Å². The molecule has 3 aromatic rings. The Labute approximate surface area is 174 Å². The molecule has 0 radical (unpaired) electrons. The summed E-state index contributed by atoms with van der Waals surface area (Å²) < 4.78 is 16.8. The van der Waals surface area contributed by atoms with Gasteiger partial charge in [-0.3, -0.25) is 4.79 Å². The summed E-state index contributed by atoms with van der Waals surface area (Å²) in [4.78, 5) is 11.8. The van der Waals surface area contributed by atoms with Crippen LogP contribution in [0, 0.1) is 17.8 Å². The van der Waals surface area contributed by atoms with Gasteiger partial charge in [0.25, 0.3) is 0 Å². The van der Waals surface area contributed by atoms with Crippen molar-refractivity contribution in [2.75, 3.05) is 6.61 Å². The van der Waals surface area contributed by atoms with Crippen LogP contribution in [0.3, 0.4) is 0 Å². The summed E-state index contributed by atoms with van der Waals surface area (Å²) >= 11 is 6.31. The van der Waals surface area contributed by atoms with Crippen molar-refractivity contribution < 1.29 is 18.7 Å². The molecule has 1 fully saturated rings. The van der Waals surface area contributed by atoms with Crippen molar-refractivity contribution in [3.63, 3.8) is 0 Å². The van der Waals surface area contributed by atoms with E-state index >= 15 is 0 Å². The summed E-state index contributed by atoms with van der Waals surface area (Å²) in [7, 11) is 0. The molecule has 4 nitrogen and oxygen atoms in total. The number of benzene rings is 2. The summed E-state index contributed by atoms with van der Waals surface area (Å²) in [5.41, 5.74) is 3.19. The number of carbonyl (C=O) groups excluding carboxylic acids is 1. The smallest absolute Gasteiger partial charge is 0.310 e. The molecule has 0 atom stereocenters. The Morgan fingerprint density at radius 3 is 2.86 bits per heavy atom. The van der Waals surface area contributed by atoms with E-state index in [1.165, 1.54) is 12.8 Å². The van der Waals surface area contributed by atoms with Gasteiger partial charge in [0.05, 0.1) is 24.9 Å². The minimum absolute atomic E-state index is 0.170. The fraction of sp³-hybridized carbons (Fsp3) is 0.292. The molecule has 5 heteroatoms. The quantitative estimate of drug-likeness (QED) is 0.397. The maximum absolute atomic E-state index is 11.8. The first-order chi connectivity index (χ1) is 14.1. The van der Waals surface area contributed by atoms with Gasteiger partial charge in [-0.05, 0) is 38.0 Å². The molecule has 0 bridgehead atoms. The summed E-state index contributed by atoms with van der Waals surface area (Å²) in [5.74, 6) is 7.32. The number of ether oxygens (including phenoxy) is 2. The van der Waals surface area contributed by atoms with Crippen LogP contribution in [0.25, 0.3) is 11.0 Å². The van der Waals surface area contributed by atoms with Gasteiger partial charge in [-0.2, -0.15) is 0 Å². The molecule has 0 spiro atoms. The van der Waals surface area contributed by atoms with Crippen LogP contribution in [0.2, 0.25) is 5.02 Å². The lowest BCUT2D eigenvalue weighted by atomic mass is 10.1. The number of furan rings is 1. The van der Waals surface area contributed by atoms with E-state index in [0.717, 1.165) is 27.7 Å². The highest BCUT2D eigenvalue weighted by Gasteiger charge is 2.18. The Morgan fingerprint density at radius 1 is 1.24 bits per heavy atom. The molecule has 0 unspecified atom stereocenters. The highest BCUT2D eigenvalue weighted by atomic mass is 35.5. The molecule has 0 amide bonds. The molecule has 4 rings (SSSR count). The van der Waals surface area contributed by atoms with Gasteiger partial charge in [-0.25, -0.2) is 0 Å². The van der Waals surface area contributed by atoms with Gasteiger partial charge in [-0.1, -0.05) is 41.6 Å². The number of para-hydroxylation sites is 1. The lowest BCUT2D eigenvalue weighted by molar-refractivity contribution is -0.142. The van der Waals surface area contributed by atoms with Gasteiger partial charge >= 0.3 is 5.97 Å². The van der Waals surface area contributed by atoms with Crippen LogP contribution in [0.15, 0.2) is 47.1 Å². The van der Waals surface area contributed by atoms with E-state index in [4.69, 9.17) is 25.5 Å². The molecule has 1 aromatic heterocycles. The molecule has 0 saturated heterocycles. The lowest BCUT2D eigenvalue weighted by Gasteiger charge is -2.10. The maximum Gasteiger partial charge on any atom is 0.310 e. The number of esters is 1. The van der Waals surface area contributed by atoms with E-state index in [1.54, 1.807) is 13.2 Å². The average Bonchev–Trinajstić information content (AvgIpc) is 3.45. The second-order valence-corrected chi connectivity index (χ2v) is 7.45. The van der Waals surface area contributed by atoms with Gasteiger partial charge in [0.1, 0.15) is 17.9 Å². The standard InChI is InChI=1S/C24H21ClO4/c1-2-27-23(26)12-17-5-3-4-6-22(17)28-14-19-15-29-24-18(10-9-16-7-8-16)11-20(25)13-21(19)24/h3-6,11,13,15-16H,2,7-8,12,14H2,1H3. The van der Waals surface area contributed by atoms with Crippen molar-refractivity contribution in [2.24, 2.45) is 5.92 Å². The Balaban J connectivity index is 1.55. The molecule has 29 heavy (non-hydrogen) atoms. The first-order valence-electron chi connectivity index (χ1n) is 9.71. The summed E-state index contributed by atoms with van der Waals surface area (Å²) in [6.07, 6.45) is 4.18. The zero-order chi connectivity index (χ0) is 20.2. The van der Waals surface area contributed by atoms with Crippen molar-refractivity contribution in [1.29, 1.82) is 0 Å². The van der Waals surface area contributed by atoms with E-state index in [0.29, 0.717) is 29.9 Å². The monoisotopic (exact) mass is 408 g/mol. The minimum Gasteiger partial charge on any atom is -0.488 e. The van der Waals surface area contributed by atoms with Crippen molar-refractivity contribution in [3.8, 4) is 17.6 Å². The van der Waals surface area contributed by atoms with E-state index in [1.807, 2.05) is 36.4 Å². The van der Waals surface area contributed by atoms with Gasteiger partial charge in [0.2, 0.25) is 0 Å². The number of hydrogen-bond donors (Lipinski definition) is 0. The number of carbonyl (C=O) groups is 1. The third-order valence-corrected chi connectivity index (χ3v) is 4.92. The zero-order valence-corrected chi connectivity index (χ0v) is 16.9. The van der Waals surface area contributed by atoms with Gasteiger partial charge < -0.3 is 13.9 Å². The van der Waals surface area contributed by atoms with E-state index in [2.05, 4.69) is 11.8 Å². The SMILES string of the molecule is CCOC(=O)Cc1ccccc1OCc1coc2c(C#CC3CC3)cc(Cl)cc12. The van der Waals surface area contributed by atoms with Crippen molar-refractivity contribution >= 4 is 28.5 Å². The molecule has 1 aliphatic rings. The predicted molar refractivity (Wildman–Crippen MR) is 112 cm³/mol. The molecule has 0 N–H and O–H groups in total. The minimum atomic E-state index is -0.275.